The average Bonchev–Trinajstić information content (AvgIpc) is 2.62. The van der Waals surface area contributed by atoms with Crippen molar-refractivity contribution in [1.82, 2.24) is 0 Å². The van der Waals surface area contributed by atoms with Gasteiger partial charge in [0.25, 0.3) is 0 Å². The summed E-state index contributed by atoms with van der Waals surface area (Å²) in [6.07, 6.45) is -1.68. The van der Waals surface area contributed by atoms with Crippen molar-refractivity contribution in [2.24, 2.45) is 0 Å². The molecule has 98 valence electrons. The van der Waals surface area contributed by atoms with Crippen LogP contribution in [0.1, 0.15) is 22.8 Å². The fourth-order valence-electron chi connectivity index (χ4n) is 2.18. The van der Waals surface area contributed by atoms with Gasteiger partial charge in [0.2, 0.25) is 0 Å². The van der Waals surface area contributed by atoms with Gasteiger partial charge in [-0.15, -0.1) is 0 Å². The Morgan fingerprint density at radius 1 is 1.33 bits per heavy atom. The summed E-state index contributed by atoms with van der Waals surface area (Å²) in [5, 5.41) is 19.1. The number of aryl methyl sites for hydroxylation is 1. The molecule has 1 aromatic carbocycles. The fraction of sp³-hybridized carbons (Fsp3) is 0.462. The summed E-state index contributed by atoms with van der Waals surface area (Å²) in [6, 6.07) is 2.79. The van der Waals surface area contributed by atoms with Gasteiger partial charge in [-0.05, 0) is 31.5 Å². The summed E-state index contributed by atoms with van der Waals surface area (Å²) in [4.78, 5) is 13.2. The van der Waals surface area contributed by atoms with Gasteiger partial charge in [0, 0.05) is 24.3 Å². The number of carbonyl (C=O) groups excluding carboxylic acids is 1. The number of nitrogens with zero attached hydrogens (tertiary/aromatic N) is 1. The van der Waals surface area contributed by atoms with Crippen LogP contribution in [-0.2, 0) is 0 Å². The molecule has 1 aromatic rings. The number of Topliss-reactive ketones (excluding diaryl/α,β-unsaturated/α-hetero) is 1. The van der Waals surface area contributed by atoms with E-state index in [1.165, 1.54) is 13.0 Å². The van der Waals surface area contributed by atoms with Crippen LogP contribution in [0.25, 0.3) is 0 Å². The number of hydrogen-bond acceptors (Lipinski definition) is 4. The van der Waals surface area contributed by atoms with Gasteiger partial charge in [0.05, 0.1) is 12.2 Å². The van der Waals surface area contributed by atoms with Crippen molar-refractivity contribution in [1.29, 1.82) is 0 Å². The minimum absolute atomic E-state index is 0.236. The van der Waals surface area contributed by atoms with E-state index in [1.54, 1.807) is 17.9 Å². The van der Waals surface area contributed by atoms with Crippen molar-refractivity contribution in [2.45, 2.75) is 26.1 Å². The lowest BCUT2D eigenvalue weighted by atomic mass is 10.1. The highest BCUT2D eigenvalue weighted by molar-refractivity contribution is 6.00. The van der Waals surface area contributed by atoms with Gasteiger partial charge in [-0.1, -0.05) is 0 Å². The Balaban J connectivity index is 2.43. The van der Waals surface area contributed by atoms with Crippen LogP contribution < -0.4 is 4.90 Å². The second kappa shape index (κ2) is 4.66. The number of rotatable bonds is 2. The fourth-order valence-corrected chi connectivity index (χ4v) is 2.18. The number of halogens is 1. The Bertz CT molecular complexity index is 479. The Hall–Kier alpha value is -1.46. The summed E-state index contributed by atoms with van der Waals surface area (Å²) in [7, 11) is 0. The molecule has 2 unspecified atom stereocenters. The lowest BCUT2D eigenvalue weighted by Gasteiger charge is -2.21. The molecule has 0 radical (unpaired) electrons. The zero-order valence-corrected chi connectivity index (χ0v) is 10.4. The zero-order chi connectivity index (χ0) is 13.4. The molecule has 18 heavy (non-hydrogen) atoms. The largest absolute Gasteiger partial charge is 0.389 e. The van der Waals surface area contributed by atoms with Gasteiger partial charge in [0.1, 0.15) is 5.82 Å². The average molecular weight is 253 g/mol. The molecule has 1 heterocycles. The first-order valence-electron chi connectivity index (χ1n) is 5.82. The highest BCUT2D eigenvalue weighted by atomic mass is 19.1. The van der Waals surface area contributed by atoms with Crippen molar-refractivity contribution in [3.63, 3.8) is 0 Å². The van der Waals surface area contributed by atoms with Crippen molar-refractivity contribution in [3.05, 3.63) is 29.1 Å². The molecule has 1 fully saturated rings. The Morgan fingerprint density at radius 2 is 1.89 bits per heavy atom. The maximum atomic E-state index is 13.5. The van der Waals surface area contributed by atoms with E-state index in [-0.39, 0.29) is 24.4 Å². The maximum absolute atomic E-state index is 13.5. The first-order valence-corrected chi connectivity index (χ1v) is 5.82. The number of benzene rings is 1. The summed E-state index contributed by atoms with van der Waals surface area (Å²) in [5.74, 6) is -0.663. The number of β-amino-alcohol motifs (C(OH)–C–C–N with tert-alkyl or cyclic N) is 2. The molecule has 1 aliphatic rings. The number of anilines is 1. The van der Waals surface area contributed by atoms with Gasteiger partial charge in [-0.25, -0.2) is 4.39 Å². The molecule has 1 aliphatic heterocycles. The number of carbonyl (C=O) groups is 1. The van der Waals surface area contributed by atoms with Crippen molar-refractivity contribution in [2.75, 3.05) is 18.0 Å². The van der Waals surface area contributed by atoms with Crippen LogP contribution >= 0.6 is 0 Å². The van der Waals surface area contributed by atoms with Crippen LogP contribution in [-0.4, -0.2) is 41.3 Å². The van der Waals surface area contributed by atoms with E-state index in [0.717, 1.165) is 0 Å². The number of hydrogen-bond donors (Lipinski definition) is 2. The van der Waals surface area contributed by atoms with Gasteiger partial charge in [0.15, 0.2) is 5.78 Å². The molecule has 5 heteroatoms. The molecule has 0 spiro atoms. The van der Waals surface area contributed by atoms with Crippen LogP contribution in [0.4, 0.5) is 10.1 Å². The first kappa shape index (κ1) is 13.0. The topological polar surface area (TPSA) is 60.8 Å². The smallest absolute Gasteiger partial charge is 0.161 e. The molecule has 0 amide bonds. The molecule has 2 N–H and O–H groups in total. The predicted octanol–water partition coefficient (Wildman–Crippen LogP) is 0.879. The van der Waals surface area contributed by atoms with Gasteiger partial charge in [-0.2, -0.15) is 0 Å². The third kappa shape index (κ3) is 2.23. The van der Waals surface area contributed by atoms with Crippen LogP contribution in [0.2, 0.25) is 0 Å². The molecule has 0 bridgehead atoms. The van der Waals surface area contributed by atoms with Gasteiger partial charge in [-0.3, -0.25) is 4.79 Å². The number of aliphatic hydroxyl groups excluding tert-OH is 2. The number of aliphatic hydroxyl groups is 2. The van der Waals surface area contributed by atoms with Crippen molar-refractivity contribution in [3.8, 4) is 0 Å². The van der Waals surface area contributed by atoms with Crippen LogP contribution in [0.5, 0.6) is 0 Å². The zero-order valence-electron chi connectivity index (χ0n) is 10.4. The van der Waals surface area contributed by atoms with E-state index >= 15 is 0 Å². The Labute approximate surface area is 105 Å². The van der Waals surface area contributed by atoms with Crippen molar-refractivity contribution >= 4 is 11.5 Å². The Kier molecular flexibility index (Phi) is 3.36. The lowest BCUT2D eigenvalue weighted by molar-refractivity contribution is 0.0572. The summed E-state index contributed by atoms with van der Waals surface area (Å²) in [5.41, 5.74) is 1.28. The third-order valence-electron chi connectivity index (χ3n) is 3.26. The SMILES string of the molecule is CC(=O)c1cc(F)c(C)cc1N1CC(O)C(O)C1. The van der Waals surface area contributed by atoms with Crippen molar-refractivity contribution < 1.29 is 19.4 Å². The molecule has 1 saturated heterocycles. The minimum atomic E-state index is -0.838. The van der Waals surface area contributed by atoms with Crippen LogP contribution in [0.3, 0.4) is 0 Å². The lowest BCUT2D eigenvalue weighted by Crippen LogP contribution is -2.23. The quantitative estimate of drug-likeness (QED) is 0.768. The van der Waals surface area contributed by atoms with Crippen LogP contribution in [0, 0.1) is 12.7 Å². The normalized spacial score (nSPS) is 23.5. The molecule has 0 aliphatic carbocycles. The maximum Gasteiger partial charge on any atom is 0.161 e. The van der Waals surface area contributed by atoms with E-state index < -0.39 is 18.0 Å². The summed E-state index contributed by atoms with van der Waals surface area (Å²) >= 11 is 0. The molecule has 2 rings (SSSR count). The first-order chi connectivity index (χ1) is 8.40. The van der Waals surface area contributed by atoms with Gasteiger partial charge >= 0.3 is 0 Å². The highest BCUT2D eigenvalue weighted by Gasteiger charge is 2.31. The Morgan fingerprint density at radius 3 is 2.39 bits per heavy atom. The highest BCUT2D eigenvalue weighted by Crippen LogP contribution is 2.28. The van der Waals surface area contributed by atoms with E-state index in [4.69, 9.17) is 0 Å². The predicted molar refractivity (Wildman–Crippen MR) is 65.4 cm³/mol. The molecular formula is C13H16FNO3. The minimum Gasteiger partial charge on any atom is -0.389 e. The standard InChI is InChI=1S/C13H16FNO3/c1-7-3-11(9(8(2)16)4-10(7)14)15-5-12(17)13(18)6-15/h3-4,12-13,17-18H,5-6H2,1-2H3. The second-order valence-electron chi connectivity index (χ2n) is 4.71. The van der Waals surface area contributed by atoms with E-state index in [1.807, 2.05) is 0 Å². The second-order valence-corrected chi connectivity index (χ2v) is 4.71. The number of ketones is 1. The molecule has 0 saturated carbocycles. The molecule has 0 aromatic heterocycles. The summed E-state index contributed by atoms with van der Waals surface area (Å²) < 4.78 is 13.5. The van der Waals surface area contributed by atoms with Crippen LogP contribution in [0.15, 0.2) is 12.1 Å². The molecule has 2 atom stereocenters. The molecule has 4 nitrogen and oxygen atoms in total. The van der Waals surface area contributed by atoms with E-state index in [0.29, 0.717) is 11.3 Å². The van der Waals surface area contributed by atoms with Gasteiger partial charge < -0.3 is 15.1 Å². The molecular weight excluding hydrogens is 237 g/mol. The van der Waals surface area contributed by atoms with E-state index in [9.17, 15) is 19.4 Å². The summed E-state index contributed by atoms with van der Waals surface area (Å²) in [6.45, 7) is 3.47. The third-order valence-corrected chi connectivity index (χ3v) is 3.26. The van der Waals surface area contributed by atoms with E-state index in [2.05, 4.69) is 0 Å². The monoisotopic (exact) mass is 253 g/mol.